The molecule has 0 unspecified atom stereocenters. The van der Waals surface area contributed by atoms with Crippen LogP contribution in [0.15, 0.2) is 33.3 Å². The number of aryl methyl sites for hydroxylation is 1. The lowest BCUT2D eigenvalue weighted by Gasteiger charge is -2.06. The third-order valence-corrected chi connectivity index (χ3v) is 3.30. The van der Waals surface area contributed by atoms with Gasteiger partial charge >= 0.3 is 0 Å². The van der Waals surface area contributed by atoms with Crippen molar-refractivity contribution >= 4 is 37.7 Å². The Morgan fingerprint density at radius 3 is 2.62 bits per heavy atom. The second-order valence-corrected chi connectivity index (χ2v) is 5.16. The predicted molar refractivity (Wildman–Crippen MR) is 72.0 cm³/mol. The molecule has 0 atom stereocenters. The number of nitrogen functional groups attached to an aromatic ring is 1. The van der Waals surface area contributed by atoms with Crippen LogP contribution in [-0.4, -0.2) is 9.97 Å². The number of halogens is 2. The number of aromatic nitrogens is 2. The molecule has 0 aliphatic carbocycles. The highest BCUT2D eigenvalue weighted by Gasteiger charge is 2.07. The van der Waals surface area contributed by atoms with Crippen LogP contribution in [0.2, 0.25) is 0 Å². The SMILES string of the molecule is Cc1cc(Br)ccc1-c1ncc(Br)c(N)n1. The smallest absolute Gasteiger partial charge is 0.161 e. The fourth-order valence-electron chi connectivity index (χ4n) is 1.39. The summed E-state index contributed by atoms with van der Waals surface area (Å²) in [5, 5.41) is 0. The third kappa shape index (κ3) is 2.25. The molecule has 5 heteroatoms. The van der Waals surface area contributed by atoms with Gasteiger partial charge in [0, 0.05) is 16.2 Å². The Morgan fingerprint density at radius 1 is 1.25 bits per heavy atom. The lowest BCUT2D eigenvalue weighted by Crippen LogP contribution is -1.97. The number of rotatable bonds is 1. The van der Waals surface area contributed by atoms with Crippen LogP contribution in [-0.2, 0) is 0 Å². The van der Waals surface area contributed by atoms with E-state index in [0.717, 1.165) is 15.6 Å². The minimum atomic E-state index is 0.451. The van der Waals surface area contributed by atoms with Crippen LogP contribution < -0.4 is 5.73 Å². The molecule has 16 heavy (non-hydrogen) atoms. The minimum absolute atomic E-state index is 0.451. The number of anilines is 1. The molecule has 0 fully saturated rings. The van der Waals surface area contributed by atoms with Crippen LogP contribution in [0.5, 0.6) is 0 Å². The van der Waals surface area contributed by atoms with E-state index in [1.807, 2.05) is 25.1 Å². The van der Waals surface area contributed by atoms with Crippen molar-refractivity contribution in [1.82, 2.24) is 9.97 Å². The summed E-state index contributed by atoms with van der Waals surface area (Å²) in [5.41, 5.74) is 7.83. The van der Waals surface area contributed by atoms with E-state index in [-0.39, 0.29) is 0 Å². The molecular weight excluding hydrogens is 334 g/mol. The average molecular weight is 343 g/mol. The van der Waals surface area contributed by atoms with Crippen molar-refractivity contribution in [2.75, 3.05) is 5.73 Å². The van der Waals surface area contributed by atoms with E-state index in [0.29, 0.717) is 16.1 Å². The van der Waals surface area contributed by atoms with Gasteiger partial charge in [-0.05, 0) is 46.6 Å². The number of hydrogen-bond acceptors (Lipinski definition) is 3. The van der Waals surface area contributed by atoms with Gasteiger partial charge in [0.25, 0.3) is 0 Å². The van der Waals surface area contributed by atoms with Crippen molar-refractivity contribution in [1.29, 1.82) is 0 Å². The molecule has 0 spiro atoms. The summed E-state index contributed by atoms with van der Waals surface area (Å²) in [6, 6.07) is 5.96. The average Bonchev–Trinajstić information content (AvgIpc) is 2.22. The zero-order chi connectivity index (χ0) is 11.7. The normalized spacial score (nSPS) is 10.4. The molecule has 2 rings (SSSR count). The Hall–Kier alpha value is -0.940. The van der Waals surface area contributed by atoms with E-state index in [1.54, 1.807) is 6.20 Å². The Bertz CT molecular complexity index is 541. The maximum absolute atomic E-state index is 5.73. The molecular formula is C11H9Br2N3. The summed E-state index contributed by atoms with van der Waals surface area (Å²) < 4.78 is 1.75. The second kappa shape index (κ2) is 4.51. The summed E-state index contributed by atoms with van der Waals surface area (Å²) in [7, 11) is 0. The van der Waals surface area contributed by atoms with Crippen LogP contribution in [0.3, 0.4) is 0 Å². The maximum atomic E-state index is 5.73. The molecule has 0 radical (unpaired) electrons. The first-order chi connectivity index (χ1) is 7.58. The molecule has 2 N–H and O–H groups in total. The summed E-state index contributed by atoms with van der Waals surface area (Å²) in [6.45, 7) is 2.02. The zero-order valence-electron chi connectivity index (χ0n) is 8.54. The molecule has 1 aromatic carbocycles. The fourth-order valence-corrected chi connectivity index (χ4v) is 2.05. The molecule has 82 valence electrons. The number of nitrogens with two attached hydrogens (primary N) is 1. The molecule has 0 bridgehead atoms. The van der Waals surface area contributed by atoms with Crippen LogP contribution in [0.25, 0.3) is 11.4 Å². The van der Waals surface area contributed by atoms with E-state index in [4.69, 9.17) is 5.73 Å². The first-order valence-corrected chi connectivity index (χ1v) is 6.21. The van der Waals surface area contributed by atoms with Crippen LogP contribution in [0.4, 0.5) is 5.82 Å². The van der Waals surface area contributed by atoms with Gasteiger partial charge in [0.15, 0.2) is 5.82 Å². The van der Waals surface area contributed by atoms with Crippen molar-refractivity contribution in [2.24, 2.45) is 0 Å². The van der Waals surface area contributed by atoms with Crippen LogP contribution in [0.1, 0.15) is 5.56 Å². The van der Waals surface area contributed by atoms with Gasteiger partial charge in [-0.25, -0.2) is 9.97 Å². The van der Waals surface area contributed by atoms with Crippen molar-refractivity contribution < 1.29 is 0 Å². The first-order valence-electron chi connectivity index (χ1n) is 4.62. The first kappa shape index (κ1) is 11.5. The molecule has 0 aliphatic rings. The molecule has 1 heterocycles. The molecule has 0 amide bonds. The Kier molecular flexibility index (Phi) is 3.25. The number of hydrogen-bond donors (Lipinski definition) is 1. The minimum Gasteiger partial charge on any atom is -0.383 e. The quantitative estimate of drug-likeness (QED) is 0.862. The van der Waals surface area contributed by atoms with Gasteiger partial charge < -0.3 is 5.73 Å². The van der Waals surface area contributed by atoms with Crippen molar-refractivity contribution in [3.63, 3.8) is 0 Å². The van der Waals surface area contributed by atoms with Crippen molar-refractivity contribution in [3.8, 4) is 11.4 Å². The maximum Gasteiger partial charge on any atom is 0.161 e. The number of benzene rings is 1. The molecule has 3 nitrogen and oxygen atoms in total. The summed E-state index contributed by atoms with van der Waals surface area (Å²) >= 11 is 6.70. The fraction of sp³-hybridized carbons (Fsp3) is 0.0909. The highest BCUT2D eigenvalue weighted by molar-refractivity contribution is 9.10. The topological polar surface area (TPSA) is 51.8 Å². The molecule has 0 aliphatic heterocycles. The van der Waals surface area contributed by atoms with Gasteiger partial charge in [0.1, 0.15) is 5.82 Å². The third-order valence-electron chi connectivity index (χ3n) is 2.20. The Morgan fingerprint density at radius 2 is 2.00 bits per heavy atom. The monoisotopic (exact) mass is 341 g/mol. The van der Waals surface area contributed by atoms with Crippen LogP contribution in [0, 0.1) is 6.92 Å². The van der Waals surface area contributed by atoms with Gasteiger partial charge in [-0.15, -0.1) is 0 Å². The van der Waals surface area contributed by atoms with E-state index < -0.39 is 0 Å². The molecule has 0 saturated heterocycles. The van der Waals surface area contributed by atoms with Gasteiger partial charge in [0.05, 0.1) is 4.47 Å². The highest BCUT2D eigenvalue weighted by Crippen LogP contribution is 2.25. The lowest BCUT2D eigenvalue weighted by molar-refractivity contribution is 1.16. The van der Waals surface area contributed by atoms with Gasteiger partial charge in [-0.2, -0.15) is 0 Å². The molecule has 0 saturated carbocycles. The molecule has 1 aromatic heterocycles. The standard InChI is InChI=1S/C11H9Br2N3/c1-6-4-7(12)2-3-8(6)11-15-5-9(13)10(14)16-11/h2-5H,1H3,(H2,14,15,16). The number of nitrogens with zero attached hydrogens (tertiary/aromatic N) is 2. The van der Waals surface area contributed by atoms with Gasteiger partial charge in [-0.3, -0.25) is 0 Å². The van der Waals surface area contributed by atoms with E-state index in [9.17, 15) is 0 Å². The molecule has 2 aromatic rings. The van der Waals surface area contributed by atoms with E-state index in [2.05, 4.69) is 41.8 Å². The van der Waals surface area contributed by atoms with Gasteiger partial charge in [-0.1, -0.05) is 15.9 Å². The Balaban J connectivity index is 2.54. The van der Waals surface area contributed by atoms with Gasteiger partial charge in [0.2, 0.25) is 0 Å². The lowest BCUT2D eigenvalue weighted by atomic mass is 10.1. The highest BCUT2D eigenvalue weighted by atomic mass is 79.9. The summed E-state index contributed by atoms with van der Waals surface area (Å²) in [4.78, 5) is 8.48. The van der Waals surface area contributed by atoms with Crippen molar-refractivity contribution in [2.45, 2.75) is 6.92 Å². The summed E-state index contributed by atoms with van der Waals surface area (Å²) in [6.07, 6.45) is 1.67. The predicted octanol–water partition coefficient (Wildman–Crippen LogP) is 3.56. The van der Waals surface area contributed by atoms with Crippen LogP contribution >= 0.6 is 31.9 Å². The second-order valence-electron chi connectivity index (χ2n) is 3.39. The van der Waals surface area contributed by atoms with E-state index in [1.165, 1.54) is 0 Å². The summed E-state index contributed by atoms with van der Waals surface area (Å²) in [5.74, 6) is 1.10. The zero-order valence-corrected chi connectivity index (χ0v) is 11.7. The Labute approximate surface area is 110 Å². The van der Waals surface area contributed by atoms with E-state index >= 15 is 0 Å². The largest absolute Gasteiger partial charge is 0.383 e. The van der Waals surface area contributed by atoms with Crippen molar-refractivity contribution in [3.05, 3.63) is 38.9 Å².